The molecule has 0 spiro atoms. The van der Waals surface area contributed by atoms with Gasteiger partial charge in [-0.3, -0.25) is 5.10 Å². The van der Waals surface area contributed by atoms with E-state index >= 15 is 0 Å². The molecule has 0 fully saturated rings. The zero-order valence-electron chi connectivity index (χ0n) is 17.8. The smallest absolute Gasteiger partial charge is 0.487 e. The van der Waals surface area contributed by atoms with Crippen LogP contribution in [0.2, 0.25) is 10.0 Å². The van der Waals surface area contributed by atoms with Gasteiger partial charge in [-0.25, -0.2) is 9.78 Å². The lowest BCUT2D eigenvalue weighted by molar-refractivity contribution is -0.192. The number of aliphatic carboxylic acids is 1. The lowest BCUT2D eigenvalue weighted by Gasteiger charge is -2.11. The largest absolute Gasteiger partial charge is 0.490 e. The molecule has 0 amide bonds. The van der Waals surface area contributed by atoms with E-state index in [4.69, 9.17) is 53.6 Å². The van der Waals surface area contributed by atoms with Crippen molar-refractivity contribution >= 4 is 46.0 Å². The first-order valence-corrected chi connectivity index (χ1v) is 10.4. The van der Waals surface area contributed by atoms with Gasteiger partial charge in [-0.2, -0.15) is 23.5 Å². The molecule has 36 heavy (non-hydrogen) atoms. The second kappa shape index (κ2) is 11.0. The van der Waals surface area contributed by atoms with Gasteiger partial charge in [0.2, 0.25) is 0 Å². The van der Waals surface area contributed by atoms with E-state index in [1.165, 1.54) is 0 Å². The maximum absolute atomic E-state index is 10.6. The first-order chi connectivity index (χ1) is 17.0. The Hall–Kier alpha value is -4.21. The fraction of sp³-hybridized carbons (Fsp3) is 0.0909. The number of carbonyl (C=O) groups is 1. The average Bonchev–Trinajstić information content (AvgIpc) is 3.20. The number of nitrogen functional groups attached to an aromatic ring is 1. The van der Waals surface area contributed by atoms with Crippen LogP contribution in [0.5, 0.6) is 17.2 Å². The number of anilines is 1. The van der Waals surface area contributed by atoms with E-state index < -0.39 is 12.1 Å². The van der Waals surface area contributed by atoms with Crippen LogP contribution in [0.25, 0.3) is 11.0 Å². The number of carboxylic acid groups (broad SMARTS) is 1. The van der Waals surface area contributed by atoms with Gasteiger partial charge in [0, 0.05) is 16.5 Å². The number of hydrogen-bond acceptors (Lipinski definition) is 7. The summed E-state index contributed by atoms with van der Waals surface area (Å²) in [5.41, 5.74) is 7.34. The molecule has 0 bridgehead atoms. The van der Waals surface area contributed by atoms with Crippen LogP contribution in [0, 0.1) is 11.3 Å². The molecule has 0 radical (unpaired) electrons. The van der Waals surface area contributed by atoms with Crippen LogP contribution in [0.15, 0.2) is 48.5 Å². The fourth-order valence-electron chi connectivity index (χ4n) is 2.69. The van der Waals surface area contributed by atoms with Crippen LogP contribution < -0.4 is 15.2 Å². The average molecular weight is 540 g/mol. The second-order valence-electron chi connectivity index (χ2n) is 6.88. The van der Waals surface area contributed by atoms with E-state index in [1.54, 1.807) is 42.5 Å². The predicted molar refractivity (Wildman–Crippen MR) is 124 cm³/mol. The Morgan fingerprint density at radius 2 is 1.86 bits per heavy atom. The topological polar surface area (TPSA) is 147 Å². The van der Waals surface area contributed by atoms with Crippen LogP contribution in [-0.2, 0) is 11.4 Å². The summed E-state index contributed by atoms with van der Waals surface area (Å²) in [5, 5.41) is 24.8. The van der Waals surface area contributed by atoms with E-state index in [-0.39, 0.29) is 6.61 Å². The zero-order valence-corrected chi connectivity index (χ0v) is 19.3. The fourth-order valence-corrected chi connectivity index (χ4v) is 3.08. The number of nitrogens with zero attached hydrogens (tertiary/aromatic N) is 3. The summed E-state index contributed by atoms with van der Waals surface area (Å²) >= 11 is 12.3. The Kier molecular flexibility index (Phi) is 8.08. The molecule has 0 aliphatic heterocycles. The monoisotopic (exact) mass is 539 g/mol. The summed E-state index contributed by atoms with van der Waals surface area (Å²) in [6.45, 7) is 0.235. The van der Waals surface area contributed by atoms with Gasteiger partial charge >= 0.3 is 12.1 Å². The Morgan fingerprint density at radius 1 is 1.14 bits per heavy atom. The third kappa shape index (κ3) is 6.91. The number of aromatic nitrogens is 3. The highest BCUT2D eigenvalue weighted by atomic mass is 35.5. The van der Waals surface area contributed by atoms with E-state index in [9.17, 15) is 13.2 Å². The van der Waals surface area contributed by atoms with Gasteiger partial charge in [-0.1, -0.05) is 23.2 Å². The van der Waals surface area contributed by atoms with Crippen LogP contribution >= 0.6 is 23.2 Å². The number of alkyl halides is 3. The number of H-pyrrole nitrogens is 1. The molecule has 2 aromatic carbocycles. The molecule has 0 atom stereocenters. The number of aromatic amines is 1. The highest BCUT2D eigenvalue weighted by Gasteiger charge is 2.38. The molecule has 4 rings (SSSR count). The molecule has 186 valence electrons. The normalized spacial score (nSPS) is 10.8. The summed E-state index contributed by atoms with van der Waals surface area (Å²) < 4.78 is 43.4. The maximum atomic E-state index is 10.6. The summed E-state index contributed by atoms with van der Waals surface area (Å²) in [6, 6.07) is 15.3. The van der Waals surface area contributed by atoms with Crippen molar-refractivity contribution in [3.63, 3.8) is 0 Å². The third-order valence-electron chi connectivity index (χ3n) is 4.28. The Morgan fingerprint density at radius 3 is 2.53 bits per heavy atom. The number of nitrogens with one attached hydrogen (secondary N) is 1. The van der Waals surface area contributed by atoms with Crippen LogP contribution in [0.1, 0.15) is 11.3 Å². The molecule has 0 saturated heterocycles. The minimum Gasteiger partial charge on any atom is -0.487 e. The van der Waals surface area contributed by atoms with Crippen molar-refractivity contribution < 1.29 is 32.5 Å². The van der Waals surface area contributed by atoms with Crippen LogP contribution in [0.3, 0.4) is 0 Å². The molecule has 14 heteroatoms. The maximum Gasteiger partial charge on any atom is 0.490 e. The van der Waals surface area contributed by atoms with Gasteiger partial charge in [0.25, 0.3) is 0 Å². The van der Waals surface area contributed by atoms with Gasteiger partial charge < -0.3 is 20.3 Å². The molecule has 2 heterocycles. The molecule has 4 aromatic rings. The Balaban J connectivity index is 0.000000454. The van der Waals surface area contributed by atoms with Crippen molar-refractivity contribution in [1.29, 1.82) is 5.26 Å². The van der Waals surface area contributed by atoms with Crippen molar-refractivity contribution in [2.75, 3.05) is 5.73 Å². The van der Waals surface area contributed by atoms with E-state index in [2.05, 4.69) is 15.2 Å². The minimum absolute atomic E-state index is 0.235. The molecule has 2 aromatic heterocycles. The van der Waals surface area contributed by atoms with Crippen molar-refractivity contribution in [2.45, 2.75) is 12.8 Å². The number of carboxylic acids is 1. The van der Waals surface area contributed by atoms with Crippen molar-refractivity contribution in [3.05, 3.63) is 69.8 Å². The van der Waals surface area contributed by atoms with Gasteiger partial charge in [0.15, 0.2) is 5.65 Å². The van der Waals surface area contributed by atoms with Gasteiger partial charge in [0.05, 0.1) is 22.3 Å². The molecular formula is C22H14Cl2F3N5O4. The number of fused-ring (bicyclic) bond motifs is 1. The van der Waals surface area contributed by atoms with Crippen molar-refractivity contribution in [3.8, 4) is 23.3 Å². The number of hydrogen-bond donors (Lipinski definition) is 3. The molecule has 0 saturated carbocycles. The van der Waals surface area contributed by atoms with Gasteiger partial charge in [0.1, 0.15) is 29.7 Å². The first-order valence-electron chi connectivity index (χ1n) is 9.66. The van der Waals surface area contributed by atoms with E-state index in [0.717, 1.165) is 11.1 Å². The first kappa shape index (κ1) is 26.4. The highest BCUT2D eigenvalue weighted by Crippen LogP contribution is 2.34. The standard InChI is InChI=1S/C20H13Cl2N5O2.C2HF3O2/c21-12-5-11(9-23)6-14(7-12)29-18-8-13(1-3-16(18)22)28-10-17-15-2-4-19(24)25-20(15)27-26-17;3-2(4,5)1(6)7/h1-8H,10H2,(H3,24,25,26,27);(H,6,7). The minimum atomic E-state index is -5.08. The molecule has 4 N–H and O–H groups in total. The molecule has 0 aliphatic carbocycles. The second-order valence-corrected chi connectivity index (χ2v) is 7.73. The molecule has 0 aliphatic rings. The van der Waals surface area contributed by atoms with Gasteiger partial charge in [-0.15, -0.1) is 0 Å². The quantitative estimate of drug-likeness (QED) is 0.291. The number of rotatable bonds is 5. The van der Waals surface area contributed by atoms with E-state index in [0.29, 0.717) is 44.3 Å². The summed E-state index contributed by atoms with van der Waals surface area (Å²) in [7, 11) is 0. The number of pyridine rings is 1. The summed E-state index contributed by atoms with van der Waals surface area (Å²) in [5.74, 6) is -1.04. The number of nitriles is 1. The highest BCUT2D eigenvalue weighted by molar-refractivity contribution is 6.32. The third-order valence-corrected chi connectivity index (χ3v) is 4.81. The lowest BCUT2D eigenvalue weighted by Crippen LogP contribution is -2.21. The van der Waals surface area contributed by atoms with Crippen LogP contribution in [0.4, 0.5) is 19.0 Å². The van der Waals surface area contributed by atoms with Crippen molar-refractivity contribution in [1.82, 2.24) is 15.2 Å². The van der Waals surface area contributed by atoms with Crippen LogP contribution in [-0.4, -0.2) is 32.4 Å². The molecule has 0 unspecified atom stereocenters. The molecular weight excluding hydrogens is 526 g/mol. The summed E-state index contributed by atoms with van der Waals surface area (Å²) in [6.07, 6.45) is -5.08. The van der Waals surface area contributed by atoms with Gasteiger partial charge in [-0.05, 0) is 42.5 Å². The number of benzene rings is 2. The predicted octanol–water partition coefficient (Wildman–Crippen LogP) is 5.72. The van der Waals surface area contributed by atoms with Crippen molar-refractivity contribution in [2.24, 2.45) is 0 Å². The molecule has 9 nitrogen and oxygen atoms in total. The SMILES string of the molecule is N#Cc1cc(Cl)cc(Oc2cc(OCc3[nH]nc4nc(N)ccc34)ccc2Cl)c1.O=C(O)C(F)(F)F. The number of ether oxygens (including phenoxy) is 2. The van der Waals surface area contributed by atoms with E-state index in [1.807, 2.05) is 12.1 Å². The summed E-state index contributed by atoms with van der Waals surface area (Å²) in [4.78, 5) is 13.0. The Bertz CT molecular complexity index is 1450. The Labute approximate surface area is 210 Å². The lowest BCUT2D eigenvalue weighted by atomic mass is 10.2. The number of nitrogens with two attached hydrogens (primary N) is 1. The zero-order chi connectivity index (χ0) is 26.5. The number of halogens is 5.